The van der Waals surface area contributed by atoms with E-state index in [4.69, 9.17) is 11.6 Å². The molecule has 24 heavy (non-hydrogen) atoms. The molecule has 1 amide bonds. The molecule has 0 radical (unpaired) electrons. The van der Waals surface area contributed by atoms with Crippen molar-refractivity contribution in [3.63, 3.8) is 0 Å². The Morgan fingerprint density at radius 1 is 1.12 bits per heavy atom. The molecule has 0 saturated carbocycles. The maximum Gasteiger partial charge on any atom is 0.260 e. The molecular formula is C19H17ClN2O2. The number of rotatable bonds is 3. The zero-order valence-electron chi connectivity index (χ0n) is 13.5. The van der Waals surface area contributed by atoms with Crippen LogP contribution in [0.15, 0.2) is 54.7 Å². The van der Waals surface area contributed by atoms with Crippen LogP contribution in [0.5, 0.6) is 0 Å². The number of carbonyl (C=O) groups excluding carboxylic acids is 2. The third-order valence-corrected chi connectivity index (χ3v) is 4.20. The standard InChI is InChI=1S/C19H17ClN2O2/c1-3-21(15-7-5-4-6-8-15)19(24)17-12-22(13(2)23)18-10-9-14(20)11-16(17)18/h4-12H,3H2,1-2H3. The van der Waals surface area contributed by atoms with Crippen molar-refractivity contribution in [2.45, 2.75) is 13.8 Å². The lowest BCUT2D eigenvalue weighted by Crippen LogP contribution is -2.30. The Morgan fingerprint density at radius 2 is 1.83 bits per heavy atom. The normalized spacial score (nSPS) is 10.8. The van der Waals surface area contributed by atoms with E-state index in [0.29, 0.717) is 28.0 Å². The zero-order chi connectivity index (χ0) is 17.3. The highest BCUT2D eigenvalue weighted by atomic mass is 35.5. The summed E-state index contributed by atoms with van der Waals surface area (Å²) in [5, 5.41) is 1.21. The maximum atomic E-state index is 13.1. The van der Waals surface area contributed by atoms with E-state index < -0.39 is 0 Å². The van der Waals surface area contributed by atoms with Crippen molar-refractivity contribution in [2.75, 3.05) is 11.4 Å². The minimum atomic E-state index is -0.157. The molecular weight excluding hydrogens is 324 g/mol. The molecule has 2 aromatic carbocycles. The molecule has 0 atom stereocenters. The number of carbonyl (C=O) groups is 2. The average molecular weight is 341 g/mol. The summed E-state index contributed by atoms with van der Waals surface area (Å²) in [5.74, 6) is -0.305. The molecule has 4 nitrogen and oxygen atoms in total. The van der Waals surface area contributed by atoms with Crippen LogP contribution in [0.1, 0.15) is 29.0 Å². The first-order chi connectivity index (χ1) is 11.5. The third-order valence-electron chi connectivity index (χ3n) is 3.97. The molecule has 0 aliphatic rings. The van der Waals surface area contributed by atoms with Gasteiger partial charge in [-0.2, -0.15) is 0 Å². The number of hydrogen-bond acceptors (Lipinski definition) is 2. The third kappa shape index (κ3) is 2.81. The molecule has 1 aromatic heterocycles. The van der Waals surface area contributed by atoms with Gasteiger partial charge in [0.15, 0.2) is 0 Å². The van der Waals surface area contributed by atoms with Crippen LogP contribution in [-0.4, -0.2) is 22.9 Å². The fraction of sp³-hybridized carbons (Fsp3) is 0.158. The fourth-order valence-corrected chi connectivity index (χ4v) is 3.00. The van der Waals surface area contributed by atoms with Crippen LogP contribution in [0.3, 0.4) is 0 Å². The van der Waals surface area contributed by atoms with Crippen molar-refractivity contribution in [1.29, 1.82) is 0 Å². The number of anilines is 1. The molecule has 3 rings (SSSR count). The van der Waals surface area contributed by atoms with Crippen LogP contribution < -0.4 is 4.90 Å². The van der Waals surface area contributed by atoms with Crippen LogP contribution in [0, 0.1) is 0 Å². The first-order valence-corrected chi connectivity index (χ1v) is 8.09. The molecule has 122 valence electrons. The Hall–Kier alpha value is -2.59. The molecule has 5 heteroatoms. The number of hydrogen-bond donors (Lipinski definition) is 0. The van der Waals surface area contributed by atoms with E-state index in [1.165, 1.54) is 11.5 Å². The van der Waals surface area contributed by atoms with Gasteiger partial charge in [-0.05, 0) is 37.3 Å². The van der Waals surface area contributed by atoms with E-state index in [0.717, 1.165) is 5.69 Å². The van der Waals surface area contributed by atoms with Crippen molar-refractivity contribution >= 4 is 40.0 Å². The number of nitrogens with zero attached hydrogens (tertiary/aromatic N) is 2. The monoisotopic (exact) mass is 340 g/mol. The molecule has 0 N–H and O–H groups in total. The van der Waals surface area contributed by atoms with Crippen LogP contribution in [0.2, 0.25) is 5.02 Å². The van der Waals surface area contributed by atoms with E-state index in [9.17, 15) is 9.59 Å². The highest BCUT2D eigenvalue weighted by molar-refractivity contribution is 6.31. The van der Waals surface area contributed by atoms with Crippen molar-refractivity contribution in [1.82, 2.24) is 4.57 Å². The van der Waals surface area contributed by atoms with Gasteiger partial charge in [0.1, 0.15) is 0 Å². The van der Waals surface area contributed by atoms with Gasteiger partial charge in [-0.25, -0.2) is 0 Å². The van der Waals surface area contributed by atoms with E-state index in [2.05, 4.69) is 0 Å². The van der Waals surface area contributed by atoms with Gasteiger partial charge in [-0.1, -0.05) is 29.8 Å². The first kappa shape index (κ1) is 16.3. The van der Waals surface area contributed by atoms with Crippen molar-refractivity contribution in [3.05, 3.63) is 65.3 Å². The second-order valence-electron chi connectivity index (χ2n) is 5.48. The maximum absolute atomic E-state index is 13.1. The summed E-state index contributed by atoms with van der Waals surface area (Å²) in [6, 6.07) is 14.7. The van der Waals surface area contributed by atoms with Gasteiger partial charge < -0.3 is 4.90 Å². The average Bonchev–Trinajstić information content (AvgIpc) is 2.95. The second kappa shape index (κ2) is 6.49. The van der Waals surface area contributed by atoms with E-state index in [-0.39, 0.29) is 11.8 Å². The van der Waals surface area contributed by atoms with Crippen LogP contribution >= 0.6 is 11.6 Å². The van der Waals surface area contributed by atoms with Crippen molar-refractivity contribution in [2.24, 2.45) is 0 Å². The number of amides is 1. The predicted octanol–water partition coefficient (Wildman–Crippen LogP) is 4.62. The Bertz CT molecular complexity index is 916. The molecule has 0 unspecified atom stereocenters. The molecule has 0 spiro atoms. The minimum Gasteiger partial charge on any atom is -0.309 e. The fourth-order valence-electron chi connectivity index (χ4n) is 2.83. The molecule has 1 heterocycles. The largest absolute Gasteiger partial charge is 0.309 e. The first-order valence-electron chi connectivity index (χ1n) is 7.71. The lowest BCUT2D eigenvalue weighted by molar-refractivity contribution is 0.0941. The summed E-state index contributed by atoms with van der Waals surface area (Å²) >= 11 is 6.10. The summed E-state index contributed by atoms with van der Waals surface area (Å²) in [4.78, 5) is 26.7. The molecule has 0 fully saturated rings. The minimum absolute atomic E-state index is 0.149. The quantitative estimate of drug-likeness (QED) is 0.698. The van der Waals surface area contributed by atoms with Crippen LogP contribution in [0.4, 0.5) is 5.69 Å². The second-order valence-corrected chi connectivity index (χ2v) is 5.91. The number of para-hydroxylation sites is 1. The Kier molecular flexibility index (Phi) is 4.40. The number of halogens is 1. The summed E-state index contributed by atoms with van der Waals surface area (Å²) in [6.45, 7) is 3.91. The SMILES string of the molecule is CCN(C(=O)c1cn(C(C)=O)c2ccc(Cl)cc12)c1ccccc1. The van der Waals surface area contributed by atoms with Crippen molar-refractivity contribution in [3.8, 4) is 0 Å². The topological polar surface area (TPSA) is 42.3 Å². The molecule has 3 aromatic rings. The highest BCUT2D eigenvalue weighted by Crippen LogP contribution is 2.27. The summed E-state index contributed by atoms with van der Waals surface area (Å²) in [6.07, 6.45) is 1.59. The van der Waals surface area contributed by atoms with E-state index in [1.54, 1.807) is 29.3 Å². The van der Waals surface area contributed by atoms with Crippen molar-refractivity contribution < 1.29 is 9.59 Å². The number of fused-ring (bicyclic) bond motifs is 1. The molecule has 0 saturated heterocycles. The summed E-state index contributed by atoms with van der Waals surface area (Å²) in [7, 11) is 0. The van der Waals surface area contributed by atoms with Gasteiger partial charge in [-0.3, -0.25) is 14.2 Å². The summed E-state index contributed by atoms with van der Waals surface area (Å²) in [5.41, 5.74) is 1.96. The van der Waals surface area contributed by atoms with E-state index >= 15 is 0 Å². The number of benzene rings is 2. The summed E-state index contributed by atoms with van der Waals surface area (Å²) < 4.78 is 1.48. The molecule has 0 bridgehead atoms. The Labute approximate surface area is 145 Å². The van der Waals surface area contributed by atoms with Crippen LogP contribution in [0.25, 0.3) is 10.9 Å². The molecule has 0 aliphatic heterocycles. The highest BCUT2D eigenvalue weighted by Gasteiger charge is 2.22. The number of aromatic nitrogens is 1. The smallest absolute Gasteiger partial charge is 0.260 e. The van der Waals surface area contributed by atoms with Gasteiger partial charge in [0, 0.05) is 35.8 Å². The Balaban J connectivity index is 2.16. The van der Waals surface area contributed by atoms with Gasteiger partial charge in [-0.15, -0.1) is 0 Å². The predicted molar refractivity (Wildman–Crippen MR) is 97.0 cm³/mol. The zero-order valence-corrected chi connectivity index (χ0v) is 14.2. The lowest BCUT2D eigenvalue weighted by Gasteiger charge is -2.20. The van der Waals surface area contributed by atoms with Crippen LogP contribution in [-0.2, 0) is 0 Å². The van der Waals surface area contributed by atoms with Gasteiger partial charge >= 0.3 is 0 Å². The van der Waals surface area contributed by atoms with Gasteiger partial charge in [0.2, 0.25) is 5.91 Å². The van der Waals surface area contributed by atoms with Gasteiger partial charge in [0.05, 0.1) is 11.1 Å². The molecule has 0 aliphatic carbocycles. The van der Waals surface area contributed by atoms with Gasteiger partial charge in [0.25, 0.3) is 5.91 Å². The Morgan fingerprint density at radius 3 is 2.46 bits per heavy atom. The van der Waals surface area contributed by atoms with E-state index in [1.807, 2.05) is 37.3 Å². The lowest BCUT2D eigenvalue weighted by atomic mass is 10.1.